The molecule has 0 saturated heterocycles. The Balaban J connectivity index is 2.70. The third kappa shape index (κ3) is 6.10. The van der Waals surface area contributed by atoms with E-state index in [9.17, 15) is 9.59 Å². The molecule has 5 nitrogen and oxygen atoms in total. The van der Waals surface area contributed by atoms with Gasteiger partial charge in [0, 0.05) is 36.4 Å². The van der Waals surface area contributed by atoms with Gasteiger partial charge in [0.2, 0.25) is 0 Å². The van der Waals surface area contributed by atoms with Crippen LogP contribution in [0.4, 0.5) is 10.5 Å². The van der Waals surface area contributed by atoms with Crippen molar-refractivity contribution in [2.45, 2.75) is 40.2 Å². The SMILES string of the molecule is CC(=O)c1cc(Cl)cc(N(C)CCNC(=O)OC(C)(C)C)c1C. The average Bonchev–Trinajstić information content (AvgIpc) is 2.38. The van der Waals surface area contributed by atoms with Crippen LogP contribution >= 0.6 is 11.6 Å². The summed E-state index contributed by atoms with van der Waals surface area (Å²) in [7, 11) is 1.89. The number of alkyl carbamates (subject to hydrolysis) is 1. The second-order valence-corrected chi connectivity index (χ2v) is 6.94. The van der Waals surface area contributed by atoms with E-state index in [1.54, 1.807) is 6.07 Å². The number of carbonyl (C=O) groups excluding carboxylic acids is 2. The number of anilines is 1. The Bertz CT molecular complexity index is 594. The molecule has 128 valence electrons. The Labute approximate surface area is 142 Å². The first-order valence-corrected chi connectivity index (χ1v) is 7.88. The molecule has 0 aliphatic carbocycles. The number of Topliss-reactive ketones (excluding diaryl/α,β-unsaturated/α-hetero) is 1. The van der Waals surface area contributed by atoms with Crippen molar-refractivity contribution in [3.63, 3.8) is 0 Å². The van der Waals surface area contributed by atoms with Gasteiger partial charge in [-0.1, -0.05) is 11.6 Å². The molecule has 1 N–H and O–H groups in total. The van der Waals surface area contributed by atoms with E-state index in [0.29, 0.717) is 23.7 Å². The van der Waals surface area contributed by atoms with Gasteiger partial charge in [-0.05, 0) is 52.3 Å². The summed E-state index contributed by atoms with van der Waals surface area (Å²) in [6.07, 6.45) is -0.446. The minimum absolute atomic E-state index is 0.0217. The van der Waals surface area contributed by atoms with Crippen LogP contribution in [0.25, 0.3) is 0 Å². The minimum atomic E-state index is -0.518. The molecule has 1 aromatic rings. The second kappa shape index (κ2) is 7.68. The number of rotatable bonds is 5. The van der Waals surface area contributed by atoms with Crippen molar-refractivity contribution in [3.05, 3.63) is 28.3 Å². The number of halogens is 1. The third-order valence-electron chi connectivity index (χ3n) is 3.25. The molecule has 6 heteroatoms. The van der Waals surface area contributed by atoms with Gasteiger partial charge in [0.25, 0.3) is 0 Å². The normalized spacial score (nSPS) is 11.1. The lowest BCUT2D eigenvalue weighted by atomic mass is 10.0. The van der Waals surface area contributed by atoms with Crippen molar-refractivity contribution in [2.75, 3.05) is 25.0 Å². The molecule has 0 fully saturated rings. The largest absolute Gasteiger partial charge is 0.444 e. The van der Waals surface area contributed by atoms with Crippen LogP contribution in [-0.4, -0.2) is 37.6 Å². The molecule has 0 atom stereocenters. The summed E-state index contributed by atoms with van der Waals surface area (Å²) in [5.41, 5.74) is 1.84. The van der Waals surface area contributed by atoms with Crippen molar-refractivity contribution in [1.29, 1.82) is 0 Å². The summed E-state index contributed by atoms with van der Waals surface area (Å²) in [6, 6.07) is 3.49. The highest BCUT2D eigenvalue weighted by atomic mass is 35.5. The van der Waals surface area contributed by atoms with Crippen LogP contribution < -0.4 is 10.2 Å². The van der Waals surface area contributed by atoms with Crippen molar-refractivity contribution >= 4 is 29.2 Å². The number of nitrogens with one attached hydrogen (secondary N) is 1. The van der Waals surface area contributed by atoms with Gasteiger partial charge in [-0.2, -0.15) is 0 Å². The van der Waals surface area contributed by atoms with Crippen LogP contribution in [0.3, 0.4) is 0 Å². The number of ether oxygens (including phenoxy) is 1. The number of amides is 1. The summed E-state index contributed by atoms with van der Waals surface area (Å²) in [5.74, 6) is -0.0217. The molecule has 1 aromatic carbocycles. The molecule has 23 heavy (non-hydrogen) atoms. The quantitative estimate of drug-likeness (QED) is 0.828. The second-order valence-electron chi connectivity index (χ2n) is 6.50. The fourth-order valence-corrected chi connectivity index (χ4v) is 2.40. The van der Waals surface area contributed by atoms with Gasteiger partial charge >= 0.3 is 6.09 Å². The van der Waals surface area contributed by atoms with Crippen LogP contribution in [0.1, 0.15) is 43.6 Å². The summed E-state index contributed by atoms with van der Waals surface area (Å²) in [6.45, 7) is 9.85. The molecule has 0 unspecified atom stereocenters. The molecule has 0 aliphatic heterocycles. The van der Waals surface area contributed by atoms with Gasteiger partial charge in [0.15, 0.2) is 5.78 Å². The Morgan fingerprint density at radius 3 is 2.43 bits per heavy atom. The van der Waals surface area contributed by atoms with Crippen molar-refractivity contribution in [1.82, 2.24) is 5.32 Å². The zero-order valence-corrected chi connectivity index (χ0v) is 15.4. The van der Waals surface area contributed by atoms with Crippen LogP contribution in [0.15, 0.2) is 12.1 Å². The van der Waals surface area contributed by atoms with Gasteiger partial charge in [0.05, 0.1) is 0 Å². The van der Waals surface area contributed by atoms with Gasteiger partial charge in [0.1, 0.15) is 5.60 Å². The van der Waals surface area contributed by atoms with E-state index in [2.05, 4.69) is 5.32 Å². The predicted octanol–water partition coefficient (Wildman–Crippen LogP) is 3.81. The summed E-state index contributed by atoms with van der Waals surface area (Å²) < 4.78 is 5.18. The fourth-order valence-electron chi connectivity index (χ4n) is 2.19. The Morgan fingerprint density at radius 2 is 1.91 bits per heavy atom. The smallest absolute Gasteiger partial charge is 0.407 e. The lowest BCUT2D eigenvalue weighted by Crippen LogP contribution is -2.37. The number of likely N-dealkylation sites (N-methyl/N-ethyl adjacent to an activating group) is 1. The van der Waals surface area contributed by atoms with Crippen LogP contribution in [0.2, 0.25) is 5.02 Å². The maximum atomic E-state index is 11.7. The Kier molecular flexibility index (Phi) is 6.45. The van der Waals surface area contributed by atoms with Crippen LogP contribution in [0.5, 0.6) is 0 Å². The van der Waals surface area contributed by atoms with Gasteiger partial charge in [-0.3, -0.25) is 4.79 Å². The van der Waals surface area contributed by atoms with Gasteiger partial charge < -0.3 is 15.0 Å². The zero-order valence-electron chi connectivity index (χ0n) is 14.6. The van der Waals surface area contributed by atoms with Crippen LogP contribution in [-0.2, 0) is 4.74 Å². The van der Waals surface area contributed by atoms with Crippen molar-refractivity contribution < 1.29 is 14.3 Å². The molecule has 0 spiro atoms. The van der Waals surface area contributed by atoms with E-state index < -0.39 is 11.7 Å². The lowest BCUT2D eigenvalue weighted by molar-refractivity contribution is 0.0529. The average molecular weight is 341 g/mol. The Morgan fingerprint density at radius 1 is 1.30 bits per heavy atom. The first kappa shape index (κ1) is 19.3. The summed E-state index contributed by atoms with van der Waals surface area (Å²) >= 11 is 6.10. The molecule has 0 bridgehead atoms. The molecule has 0 aromatic heterocycles. The number of ketones is 1. The highest BCUT2D eigenvalue weighted by Crippen LogP contribution is 2.27. The van der Waals surface area contributed by atoms with E-state index in [4.69, 9.17) is 16.3 Å². The predicted molar refractivity (Wildman–Crippen MR) is 93.7 cm³/mol. The molecule has 0 radical (unpaired) electrons. The third-order valence-corrected chi connectivity index (χ3v) is 3.47. The minimum Gasteiger partial charge on any atom is -0.444 e. The standard InChI is InChI=1S/C17H25ClN2O3/c1-11-14(12(2)21)9-13(18)10-15(11)20(6)8-7-19-16(22)23-17(3,4)5/h9-10H,7-8H2,1-6H3,(H,19,22). The summed E-state index contributed by atoms with van der Waals surface area (Å²) in [5, 5.41) is 3.23. The first-order chi connectivity index (χ1) is 10.5. The number of hydrogen-bond donors (Lipinski definition) is 1. The van der Waals surface area contributed by atoms with Gasteiger partial charge in [-0.15, -0.1) is 0 Å². The number of hydrogen-bond acceptors (Lipinski definition) is 4. The maximum absolute atomic E-state index is 11.7. The molecule has 0 aliphatic rings. The maximum Gasteiger partial charge on any atom is 0.407 e. The molecular weight excluding hydrogens is 316 g/mol. The topological polar surface area (TPSA) is 58.6 Å². The monoisotopic (exact) mass is 340 g/mol. The van der Waals surface area contributed by atoms with E-state index in [0.717, 1.165) is 11.3 Å². The number of carbonyl (C=O) groups is 2. The van der Waals surface area contributed by atoms with E-state index in [-0.39, 0.29) is 5.78 Å². The fraction of sp³-hybridized carbons (Fsp3) is 0.529. The summed E-state index contributed by atoms with van der Waals surface area (Å²) in [4.78, 5) is 25.3. The molecule has 1 rings (SSSR count). The van der Waals surface area contributed by atoms with Crippen LogP contribution in [0, 0.1) is 6.92 Å². The molecular formula is C17H25ClN2O3. The molecule has 0 saturated carbocycles. The zero-order chi connectivity index (χ0) is 17.8. The van der Waals surface area contributed by atoms with E-state index in [1.165, 1.54) is 6.92 Å². The molecule has 0 heterocycles. The Hall–Kier alpha value is -1.75. The number of nitrogens with zero attached hydrogens (tertiary/aromatic N) is 1. The van der Waals surface area contributed by atoms with Gasteiger partial charge in [-0.25, -0.2) is 4.79 Å². The highest BCUT2D eigenvalue weighted by Gasteiger charge is 2.16. The van der Waals surface area contributed by atoms with Crippen molar-refractivity contribution in [2.24, 2.45) is 0 Å². The lowest BCUT2D eigenvalue weighted by Gasteiger charge is -2.24. The van der Waals surface area contributed by atoms with E-state index >= 15 is 0 Å². The van der Waals surface area contributed by atoms with Crippen molar-refractivity contribution in [3.8, 4) is 0 Å². The first-order valence-electron chi connectivity index (χ1n) is 7.50. The highest BCUT2D eigenvalue weighted by molar-refractivity contribution is 6.31. The number of benzene rings is 1. The van der Waals surface area contributed by atoms with E-state index in [1.807, 2.05) is 45.7 Å². The molecule has 1 amide bonds.